The summed E-state index contributed by atoms with van der Waals surface area (Å²) in [6.07, 6.45) is 1.01. The third-order valence-electron chi connectivity index (χ3n) is 5.42. The molecule has 0 aliphatic carbocycles. The van der Waals surface area contributed by atoms with Crippen LogP contribution in [0.4, 0.5) is 4.79 Å². The second-order valence-corrected chi connectivity index (χ2v) is 7.27. The summed E-state index contributed by atoms with van der Waals surface area (Å²) in [5, 5.41) is 0. The van der Waals surface area contributed by atoms with Gasteiger partial charge in [-0.15, -0.1) is 0 Å². The highest BCUT2D eigenvalue weighted by atomic mass is 16.6. The van der Waals surface area contributed by atoms with E-state index in [2.05, 4.69) is 0 Å². The van der Waals surface area contributed by atoms with Gasteiger partial charge >= 0.3 is 6.09 Å². The molecule has 2 fully saturated rings. The lowest BCUT2D eigenvalue weighted by molar-refractivity contribution is -0.142. The van der Waals surface area contributed by atoms with Gasteiger partial charge in [0, 0.05) is 45.2 Å². The van der Waals surface area contributed by atoms with Crippen molar-refractivity contribution >= 4 is 17.9 Å². The van der Waals surface area contributed by atoms with Crippen LogP contribution >= 0.6 is 0 Å². The van der Waals surface area contributed by atoms with Crippen molar-refractivity contribution in [1.82, 2.24) is 14.7 Å². The third-order valence-corrected chi connectivity index (χ3v) is 5.42. The molecule has 1 aromatic rings. The van der Waals surface area contributed by atoms with Crippen molar-refractivity contribution in [1.29, 1.82) is 0 Å². The lowest BCUT2D eigenvalue weighted by atomic mass is 9.95. The van der Waals surface area contributed by atoms with E-state index in [1.807, 2.05) is 35.2 Å². The maximum atomic E-state index is 12.8. The molecule has 2 heterocycles. The number of carbonyl (C=O) groups excluding carboxylic acids is 3. The van der Waals surface area contributed by atoms with E-state index in [1.165, 1.54) is 0 Å². The summed E-state index contributed by atoms with van der Waals surface area (Å²) < 4.78 is 10.5. The Morgan fingerprint density at radius 3 is 2.14 bits per heavy atom. The second kappa shape index (κ2) is 10.1. The fraction of sp³-hybridized carbons (Fsp3) is 0.571. The molecule has 2 aliphatic heterocycles. The molecule has 8 nitrogen and oxygen atoms in total. The quantitative estimate of drug-likeness (QED) is 0.746. The molecule has 0 atom stereocenters. The molecule has 3 rings (SSSR count). The van der Waals surface area contributed by atoms with E-state index in [1.54, 1.807) is 16.7 Å². The lowest BCUT2D eigenvalue weighted by Gasteiger charge is -2.38. The van der Waals surface area contributed by atoms with Crippen LogP contribution in [0.15, 0.2) is 30.3 Å². The first-order valence-electron chi connectivity index (χ1n) is 10.2. The Bertz CT molecular complexity index is 696. The number of rotatable bonds is 5. The summed E-state index contributed by atoms with van der Waals surface area (Å²) in [6, 6.07) is 9.26. The molecule has 2 saturated heterocycles. The Morgan fingerprint density at radius 1 is 0.897 bits per heavy atom. The SMILES string of the molecule is CCOC(=O)N1CCN(C(=O)C2CCN(C(=O)COc3ccccc3)CC2)CC1. The first kappa shape index (κ1) is 21.0. The smallest absolute Gasteiger partial charge is 0.409 e. The van der Waals surface area contributed by atoms with Crippen LogP contribution in [0.25, 0.3) is 0 Å². The number of piperazine rings is 1. The second-order valence-electron chi connectivity index (χ2n) is 7.27. The molecular formula is C21H29N3O5. The van der Waals surface area contributed by atoms with Gasteiger partial charge in [-0.05, 0) is 31.9 Å². The van der Waals surface area contributed by atoms with Crippen LogP contribution in [0, 0.1) is 5.92 Å². The van der Waals surface area contributed by atoms with Crippen LogP contribution in [0.2, 0.25) is 0 Å². The molecule has 2 aliphatic rings. The van der Waals surface area contributed by atoms with Crippen LogP contribution in [0.5, 0.6) is 5.75 Å². The summed E-state index contributed by atoms with van der Waals surface area (Å²) in [7, 11) is 0. The van der Waals surface area contributed by atoms with Gasteiger partial charge < -0.3 is 24.2 Å². The van der Waals surface area contributed by atoms with Crippen LogP contribution < -0.4 is 4.74 Å². The minimum atomic E-state index is -0.316. The maximum Gasteiger partial charge on any atom is 0.409 e. The Labute approximate surface area is 171 Å². The predicted octanol–water partition coefficient (Wildman–Crippen LogP) is 1.60. The largest absolute Gasteiger partial charge is 0.484 e. The van der Waals surface area contributed by atoms with Gasteiger partial charge in [0.1, 0.15) is 5.75 Å². The summed E-state index contributed by atoms with van der Waals surface area (Å²) in [4.78, 5) is 42.2. The van der Waals surface area contributed by atoms with Gasteiger partial charge in [0.2, 0.25) is 5.91 Å². The molecule has 158 valence electrons. The van der Waals surface area contributed by atoms with Crippen molar-refractivity contribution in [2.24, 2.45) is 5.92 Å². The number of piperidine rings is 1. The molecule has 0 radical (unpaired) electrons. The van der Waals surface area contributed by atoms with Gasteiger partial charge in [0.25, 0.3) is 5.91 Å². The minimum absolute atomic E-state index is 0.0123. The van der Waals surface area contributed by atoms with Gasteiger partial charge in [0.05, 0.1) is 6.61 Å². The Hall–Kier alpha value is -2.77. The van der Waals surface area contributed by atoms with Crippen molar-refractivity contribution in [2.45, 2.75) is 19.8 Å². The van der Waals surface area contributed by atoms with E-state index < -0.39 is 0 Å². The van der Waals surface area contributed by atoms with Crippen LogP contribution in [-0.2, 0) is 14.3 Å². The van der Waals surface area contributed by atoms with E-state index in [0.29, 0.717) is 64.5 Å². The van der Waals surface area contributed by atoms with Crippen LogP contribution in [0.1, 0.15) is 19.8 Å². The third kappa shape index (κ3) is 5.62. The number of benzene rings is 1. The van der Waals surface area contributed by atoms with Crippen LogP contribution in [0.3, 0.4) is 0 Å². The van der Waals surface area contributed by atoms with E-state index in [4.69, 9.17) is 9.47 Å². The molecular weight excluding hydrogens is 374 g/mol. The number of para-hydroxylation sites is 1. The molecule has 0 N–H and O–H groups in total. The number of carbonyl (C=O) groups is 3. The van der Waals surface area contributed by atoms with E-state index >= 15 is 0 Å². The summed E-state index contributed by atoms with van der Waals surface area (Å²) in [5.41, 5.74) is 0. The molecule has 3 amide bonds. The molecule has 1 aromatic carbocycles. The van der Waals surface area contributed by atoms with Gasteiger partial charge in [-0.2, -0.15) is 0 Å². The van der Waals surface area contributed by atoms with Gasteiger partial charge in [0.15, 0.2) is 6.61 Å². The predicted molar refractivity (Wildman–Crippen MR) is 106 cm³/mol. The highest BCUT2D eigenvalue weighted by Crippen LogP contribution is 2.21. The lowest BCUT2D eigenvalue weighted by Crippen LogP contribution is -2.53. The zero-order chi connectivity index (χ0) is 20.6. The standard InChI is InChI=1S/C21H29N3O5/c1-2-28-21(27)24-14-12-23(13-15-24)20(26)17-8-10-22(11-9-17)19(25)16-29-18-6-4-3-5-7-18/h3-7,17H,2,8-16H2,1H3. The Balaban J connectivity index is 1.39. The number of nitrogens with zero attached hydrogens (tertiary/aromatic N) is 3. The number of likely N-dealkylation sites (tertiary alicyclic amines) is 1. The molecule has 8 heteroatoms. The molecule has 0 bridgehead atoms. The van der Waals surface area contributed by atoms with E-state index in [-0.39, 0.29) is 30.4 Å². The van der Waals surface area contributed by atoms with Gasteiger partial charge in [-0.3, -0.25) is 9.59 Å². The molecule has 29 heavy (non-hydrogen) atoms. The van der Waals surface area contributed by atoms with E-state index in [0.717, 1.165) is 0 Å². The number of hydrogen-bond donors (Lipinski definition) is 0. The van der Waals surface area contributed by atoms with Crippen molar-refractivity contribution in [2.75, 3.05) is 52.5 Å². The Kier molecular flexibility index (Phi) is 7.32. The molecule has 0 saturated carbocycles. The highest BCUT2D eigenvalue weighted by molar-refractivity contribution is 5.81. The molecule has 0 spiro atoms. The highest BCUT2D eigenvalue weighted by Gasteiger charge is 2.32. The van der Waals surface area contributed by atoms with Crippen molar-refractivity contribution in [3.63, 3.8) is 0 Å². The van der Waals surface area contributed by atoms with Crippen molar-refractivity contribution < 1.29 is 23.9 Å². The average molecular weight is 403 g/mol. The van der Waals surface area contributed by atoms with Gasteiger partial charge in [-0.25, -0.2) is 4.79 Å². The van der Waals surface area contributed by atoms with Crippen molar-refractivity contribution in [3.8, 4) is 5.75 Å². The fourth-order valence-electron chi connectivity index (χ4n) is 3.71. The first-order chi connectivity index (χ1) is 14.1. The topological polar surface area (TPSA) is 79.4 Å². The summed E-state index contributed by atoms with van der Waals surface area (Å²) in [5.74, 6) is 0.681. The normalized spacial score (nSPS) is 17.8. The first-order valence-corrected chi connectivity index (χ1v) is 10.2. The number of amides is 3. The summed E-state index contributed by atoms with van der Waals surface area (Å²) in [6.45, 7) is 5.33. The summed E-state index contributed by atoms with van der Waals surface area (Å²) >= 11 is 0. The minimum Gasteiger partial charge on any atom is -0.484 e. The molecule has 0 unspecified atom stereocenters. The fourth-order valence-corrected chi connectivity index (χ4v) is 3.71. The van der Waals surface area contributed by atoms with Crippen molar-refractivity contribution in [3.05, 3.63) is 30.3 Å². The van der Waals surface area contributed by atoms with E-state index in [9.17, 15) is 14.4 Å². The van der Waals surface area contributed by atoms with Gasteiger partial charge in [-0.1, -0.05) is 18.2 Å². The average Bonchev–Trinajstić information content (AvgIpc) is 2.78. The number of ether oxygens (including phenoxy) is 2. The molecule has 0 aromatic heterocycles. The number of hydrogen-bond acceptors (Lipinski definition) is 5. The van der Waals surface area contributed by atoms with Crippen LogP contribution in [-0.4, -0.2) is 85.1 Å². The monoisotopic (exact) mass is 403 g/mol. The zero-order valence-corrected chi connectivity index (χ0v) is 16.9. The Morgan fingerprint density at radius 2 is 1.52 bits per heavy atom. The zero-order valence-electron chi connectivity index (χ0n) is 16.9. The maximum absolute atomic E-state index is 12.8.